The highest BCUT2D eigenvalue weighted by atomic mass is 16.5. The van der Waals surface area contributed by atoms with Gasteiger partial charge in [-0.25, -0.2) is 0 Å². The lowest BCUT2D eigenvalue weighted by molar-refractivity contribution is -0.0516. The van der Waals surface area contributed by atoms with Crippen LogP contribution in [0.4, 0.5) is 0 Å². The van der Waals surface area contributed by atoms with Gasteiger partial charge >= 0.3 is 0 Å². The molecular formula is C14H29NO. The number of ether oxygens (including phenoxy) is 1. The Kier molecular flexibility index (Phi) is 5.77. The summed E-state index contributed by atoms with van der Waals surface area (Å²) in [4.78, 5) is 2.59. The maximum absolute atomic E-state index is 5.54. The first kappa shape index (κ1) is 14.0. The Morgan fingerprint density at radius 3 is 2.69 bits per heavy atom. The fourth-order valence-electron chi connectivity index (χ4n) is 2.57. The molecule has 0 aromatic heterocycles. The Bertz CT molecular complexity index is 191. The number of morpholine rings is 1. The van der Waals surface area contributed by atoms with Crippen LogP contribution < -0.4 is 0 Å². The summed E-state index contributed by atoms with van der Waals surface area (Å²) in [6.45, 7) is 13.4. The second-order valence-corrected chi connectivity index (χ2v) is 5.89. The molecule has 0 saturated carbocycles. The molecule has 0 amide bonds. The van der Waals surface area contributed by atoms with Crippen molar-refractivity contribution < 1.29 is 4.74 Å². The van der Waals surface area contributed by atoms with Gasteiger partial charge in [0.05, 0.1) is 13.2 Å². The summed E-state index contributed by atoms with van der Waals surface area (Å²) in [5, 5.41) is 0. The van der Waals surface area contributed by atoms with Crippen molar-refractivity contribution in [1.82, 2.24) is 4.90 Å². The van der Waals surface area contributed by atoms with Crippen molar-refractivity contribution in [2.45, 2.75) is 58.9 Å². The van der Waals surface area contributed by atoms with Crippen LogP contribution in [0.5, 0.6) is 0 Å². The van der Waals surface area contributed by atoms with Gasteiger partial charge in [0.15, 0.2) is 0 Å². The quantitative estimate of drug-likeness (QED) is 0.690. The van der Waals surface area contributed by atoms with Crippen LogP contribution in [0.1, 0.15) is 53.4 Å². The molecule has 1 rings (SSSR count). The van der Waals surface area contributed by atoms with Crippen LogP contribution in [0.2, 0.25) is 0 Å². The van der Waals surface area contributed by atoms with Crippen LogP contribution in [0.25, 0.3) is 0 Å². The van der Waals surface area contributed by atoms with Crippen molar-refractivity contribution >= 4 is 0 Å². The first-order chi connectivity index (χ1) is 7.56. The molecule has 0 aromatic carbocycles. The third kappa shape index (κ3) is 4.42. The van der Waals surface area contributed by atoms with Crippen molar-refractivity contribution in [3.63, 3.8) is 0 Å². The molecule has 1 aliphatic heterocycles. The lowest BCUT2D eigenvalue weighted by Crippen LogP contribution is -2.53. The van der Waals surface area contributed by atoms with E-state index in [0.29, 0.717) is 0 Å². The molecule has 1 aliphatic rings. The zero-order valence-electron chi connectivity index (χ0n) is 11.6. The second-order valence-electron chi connectivity index (χ2n) is 5.89. The van der Waals surface area contributed by atoms with E-state index >= 15 is 0 Å². The standard InChI is InChI=1S/C14H29NO/c1-5-7-13(2)8-6-9-15-10-11-16-12-14(15,3)4/h13H,5-12H2,1-4H3. The van der Waals surface area contributed by atoms with Gasteiger partial charge in [-0.05, 0) is 39.2 Å². The van der Waals surface area contributed by atoms with E-state index in [9.17, 15) is 0 Å². The Labute approximate surface area is 101 Å². The zero-order chi connectivity index (χ0) is 12.0. The molecule has 16 heavy (non-hydrogen) atoms. The summed E-state index contributed by atoms with van der Waals surface area (Å²) < 4.78 is 5.54. The molecule has 0 bridgehead atoms. The highest BCUT2D eigenvalue weighted by Gasteiger charge is 2.29. The van der Waals surface area contributed by atoms with E-state index in [1.165, 1.54) is 32.2 Å². The van der Waals surface area contributed by atoms with Crippen molar-refractivity contribution in [3.05, 3.63) is 0 Å². The fraction of sp³-hybridized carbons (Fsp3) is 1.00. The predicted molar refractivity (Wildman–Crippen MR) is 69.8 cm³/mol. The minimum atomic E-state index is 0.242. The molecule has 1 saturated heterocycles. The maximum atomic E-state index is 5.54. The molecule has 0 radical (unpaired) electrons. The number of rotatable bonds is 6. The van der Waals surface area contributed by atoms with E-state index in [1.807, 2.05) is 0 Å². The van der Waals surface area contributed by atoms with Crippen LogP contribution in [0.3, 0.4) is 0 Å². The monoisotopic (exact) mass is 227 g/mol. The van der Waals surface area contributed by atoms with Crippen molar-refractivity contribution in [2.75, 3.05) is 26.3 Å². The van der Waals surface area contributed by atoms with Gasteiger partial charge in [0, 0.05) is 12.1 Å². The van der Waals surface area contributed by atoms with Gasteiger partial charge < -0.3 is 4.74 Å². The molecule has 96 valence electrons. The first-order valence-corrected chi connectivity index (χ1v) is 6.89. The second kappa shape index (κ2) is 6.61. The number of nitrogens with zero attached hydrogens (tertiary/aromatic N) is 1. The molecule has 2 heteroatoms. The summed E-state index contributed by atoms with van der Waals surface area (Å²) in [5.41, 5.74) is 0.242. The van der Waals surface area contributed by atoms with E-state index in [-0.39, 0.29) is 5.54 Å². The highest BCUT2D eigenvalue weighted by molar-refractivity contribution is 4.84. The van der Waals surface area contributed by atoms with Crippen LogP contribution in [-0.2, 0) is 4.74 Å². The van der Waals surface area contributed by atoms with E-state index in [4.69, 9.17) is 4.74 Å². The van der Waals surface area contributed by atoms with Crippen molar-refractivity contribution in [3.8, 4) is 0 Å². The summed E-state index contributed by atoms with van der Waals surface area (Å²) in [6, 6.07) is 0. The molecule has 0 spiro atoms. The zero-order valence-corrected chi connectivity index (χ0v) is 11.6. The van der Waals surface area contributed by atoms with Crippen LogP contribution in [0.15, 0.2) is 0 Å². The third-order valence-corrected chi connectivity index (χ3v) is 3.72. The molecule has 1 atom stereocenters. The Hall–Kier alpha value is -0.0800. The van der Waals surface area contributed by atoms with Gasteiger partial charge in [0.2, 0.25) is 0 Å². The third-order valence-electron chi connectivity index (χ3n) is 3.72. The van der Waals surface area contributed by atoms with Gasteiger partial charge in [0.25, 0.3) is 0 Å². The lowest BCUT2D eigenvalue weighted by Gasteiger charge is -2.42. The van der Waals surface area contributed by atoms with Gasteiger partial charge in [0.1, 0.15) is 0 Å². The average Bonchev–Trinajstić information content (AvgIpc) is 2.21. The number of hydrogen-bond donors (Lipinski definition) is 0. The summed E-state index contributed by atoms with van der Waals surface area (Å²) in [7, 11) is 0. The SMILES string of the molecule is CCCC(C)CCCN1CCOCC1(C)C. The number of hydrogen-bond acceptors (Lipinski definition) is 2. The molecule has 0 aromatic rings. The van der Waals surface area contributed by atoms with Gasteiger partial charge in [-0.15, -0.1) is 0 Å². The Balaban J connectivity index is 2.20. The van der Waals surface area contributed by atoms with E-state index in [0.717, 1.165) is 25.7 Å². The molecule has 1 heterocycles. The van der Waals surface area contributed by atoms with Gasteiger partial charge in [-0.1, -0.05) is 26.7 Å². The summed E-state index contributed by atoms with van der Waals surface area (Å²) in [6.07, 6.45) is 5.42. The van der Waals surface area contributed by atoms with Crippen molar-refractivity contribution in [2.24, 2.45) is 5.92 Å². The molecule has 0 N–H and O–H groups in total. The molecule has 2 nitrogen and oxygen atoms in total. The normalized spacial score (nSPS) is 23.2. The molecule has 1 fully saturated rings. The van der Waals surface area contributed by atoms with Crippen LogP contribution >= 0.6 is 0 Å². The van der Waals surface area contributed by atoms with Gasteiger partial charge in [-0.3, -0.25) is 4.90 Å². The minimum Gasteiger partial charge on any atom is -0.378 e. The van der Waals surface area contributed by atoms with Gasteiger partial charge in [-0.2, -0.15) is 0 Å². The van der Waals surface area contributed by atoms with E-state index in [2.05, 4.69) is 32.6 Å². The smallest absolute Gasteiger partial charge is 0.0645 e. The predicted octanol–water partition coefficient (Wildman–Crippen LogP) is 3.31. The molecule has 0 aliphatic carbocycles. The van der Waals surface area contributed by atoms with Crippen LogP contribution in [0, 0.1) is 5.92 Å². The topological polar surface area (TPSA) is 12.5 Å². The van der Waals surface area contributed by atoms with Crippen LogP contribution in [-0.4, -0.2) is 36.7 Å². The maximum Gasteiger partial charge on any atom is 0.0645 e. The molecule has 1 unspecified atom stereocenters. The first-order valence-electron chi connectivity index (χ1n) is 6.89. The molecular weight excluding hydrogens is 198 g/mol. The minimum absolute atomic E-state index is 0.242. The largest absolute Gasteiger partial charge is 0.378 e. The fourth-order valence-corrected chi connectivity index (χ4v) is 2.57. The Morgan fingerprint density at radius 2 is 2.06 bits per heavy atom. The summed E-state index contributed by atoms with van der Waals surface area (Å²) >= 11 is 0. The Morgan fingerprint density at radius 1 is 1.31 bits per heavy atom. The van der Waals surface area contributed by atoms with E-state index in [1.54, 1.807) is 0 Å². The highest BCUT2D eigenvalue weighted by Crippen LogP contribution is 2.20. The average molecular weight is 227 g/mol. The summed E-state index contributed by atoms with van der Waals surface area (Å²) in [5.74, 6) is 0.897. The van der Waals surface area contributed by atoms with E-state index < -0.39 is 0 Å². The van der Waals surface area contributed by atoms with Crippen molar-refractivity contribution in [1.29, 1.82) is 0 Å². The lowest BCUT2D eigenvalue weighted by atomic mass is 9.98.